The van der Waals surface area contributed by atoms with Gasteiger partial charge in [-0.3, -0.25) is 4.79 Å². The summed E-state index contributed by atoms with van der Waals surface area (Å²) in [6.07, 6.45) is 4.13. The summed E-state index contributed by atoms with van der Waals surface area (Å²) >= 11 is 0. The lowest BCUT2D eigenvalue weighted by atomic mass is 9.80. The molecular weight excluding hydrogens is 182 g/mol. The van der Waals surface area contributed by atoms with Crippen molar-refractivity contribution in [1.82, 2.24) is 0 Å². The first-order valence-corrected chi connectivity index (χ1v) is 5.26. The molecule has 4 N–H and O–H groups in total. The van der Waals surface area contributed by atoms with Crippen LogP contribution >= 0.6 is 0 Å². The van der Waals surface area contributed by atoms with Crippen molar-refractivity contribution < 1.29 is 15.0 Å². The number of nitrogens with two attached hydrogens (primary N) is 1. The molecule has 4 heteroatoms. The van der Waals surface area contributed by atoms with Crippen LogP contribution in [0, 0.1) is 5.92 Å². The van der Waals surface area contributed by atoms with Gasteiger partial charge in [0.25, 0.3) is 0 Å². The highest BCUT2D eigenvalue weighted by atomic mass is 16.4. The molecule has 14 heavy (non-hydrogen) atoms. The molecule has 0 aromatic rings. The summed E-state index contributed by atoms with van der Waals surface area (Å²) in [7, 11) is 0. The molecule has 0 amide bonds. The molecule has 1 fully saturated rings. The number of carbonyl (C=O) groups is 1. The lowest BCUT2D eigenvalue weighted by Crippen LogP contribution is -2.44. The van der Waals surface area contributed by atoms with Gasteiger partial charge in [0, 0.05) is 12.5 Å². The fourth-order valence-electron chi connectivity index (χ4n) is 2.14. The molecule has 0 saturated heterocycles. The van der Waals surface area contributed by atoms with Crippen LogP contribution in [0.3, 0.4) is 0 Å². The van der Waals surface area contributed by atoms with Gasteiger partial charge in [0.1, 0.15) is 0 Å². The van der Waals surface area contributed by atoms with Crippen molar-refractivity contribution in [2.75, 3.05) is 0 Å². The van der Waals surface area contributed by atoms with Gasteiger partial charge in [-0.05, 0) is 31.6 Å². The molecule has 0 spiro atoms. The zero-order valence-electron chi connectivity index (χ0n) is 8.35. The maximum atomic E-state index is 10.3. The third-order valence-corrected chi connectivity index (χ3v) is 3.03. The Morgan fingerprint density at radius 1 is 1.43 bits per heavy atom. The number of carboxylic acid groups (broad SMARTS) is 1. The van der Waals surface area contributed by atoms with Crippen molar-refractivity contribution in [2.24, 2.45) is 11.7 Å². The largest absolute Gasteiger partial charge is 0.481 e. The quantitative estimate of drug-likeness (QED) is 0.626. The highest BCUT2D eigenvalue weighted by Crippen LogP contribution is 2.27. The Morgan fingerprint density at radius 2 is 2.14 bits per heavy atom. The first-order valence-electron chi connectivity index (χ1n) is 5.26. The number of rotatable bonds is 4. The number of hydrogen-bond donors (Lipinski definition) is 3. The summed E-state index contributed by atoms with van der Waals surface area (Å²) < 4.78 is 0. The van der Waals surface area contributed by atoms with E-state index in [0.29, 0.717) is 12.3 Å². The molecule has 0 aromatic carbocycles. The summed E-state index contributed by atoms with van der Waals surface area (Å²) in [4.78, 5) is 10.3. The first kappa shape index (κ1) is 11.5. The van der Waals surface area contributed by atoms with Gasteiger partial charge in [0.05, 0.1) is 6.10 Å². The van der Waals surface area contributed by atoms with E-state index in [9.17, 15) is 9.90 Å². The second-order valence-corrected chi connectivity index (χ2v) is 4.12. The zero-order chi connectivity index (χ0) is 10.6. The number of carboxylic acids is 1. The average Bonchev–Trinajstić information content (AvgIpc) is 2.12. The van der Waals surface area contributed by atoms with Gasteiger partial charge in [-0.1, -0.05) is 6.42 Å². The molecule has 1 aliphatic rings. The van der Waals surface area contributed by atoms with Crippen LogP contribution in [0.1, 0.15) is 38.5 Å². The predicted octanol–water partition coefficient (Wildman–Crippen LogP) is 0.730. The molecule has 1 rings (SSSR count). The molecule has 0 heterocycles. The molecule has 0 aliphatic heterocycles. The topological polar surface area (TPSA) is 83.5 Å². The van der Waals surface area contributed by atoms with Crippen LogP contribution in [0.15, 0.2) is 0 Å². The molecule has 1 saturated carbocycles. The van der Waals surface area contributed by atoms with Crippen LogP contribution in [0.25, 0.3) is 0 Å². The van der Waals surface area contributed by atoms with E-state index in [1.807, 2.05) is 0 Å². The van der Waals surface area contributed by atoms with E-state index in [1.54, 1.807) is 0 Å². The van der Waals surface area contributed by atoms with Crippen molar-refractivity contribution >= 4 is 5.97 Å². The molecule has 4 nitrogen and oxygen atoms in total. The lowest BCUT2D eigenvalue weighted by molar-refractivity contribution is -0.137. The molecule has 0 bridgehead atoms. The zero-order valence-corrected chi connectivity index (χ0v) is 8.35. The van der Waals surface area contributed by atoms with Crippen LogP contribution < -0.4 is 5.73 Å². The Hall–Kier alpha value is -0.610. The van der Waals surface area contributed by atoms with E-state index < -0.39 is 12.1 Å². The molecule has 0 aromatic heterocycles. The molecule has 1 aliphatic carbocycles. The Kier molecular flexibility index (Phi) is 4.35. The van der Waals surface area contributed by atoms with E-state index in [2.05, 4.69) is 0 Å². The number of aliphatic carboxylic acids is 1. The molecule has 3 atom stereocenters. The number of aliphatic hydroxyl groups is 1. The van der Waals surface area contributed by atoms with Gasteiger partial charge in [-0.25, -0.2) is 0 Å². The van der Waals surface area contributed by atoms with Gasteiger partial charge >= 0.3 is 5.97 Å². The van der Waals surface area contributed by atoms with Crippen LogP contribution in [-0.4, -0.2) is 28.3 Å². The Morgan fingerprint density at radius 3 is 2.79 bits per heavy atom. The summed E-state index contributed by atoms with van der Waals surface area (Å²) in [6.45, 7) is 0. The summed E-state index contributed by atoms with van der Waals surface area (Å²) in [6, 6.07) is -0.155. The number of aliphatic hydroxyl groups excluding tert-OH is 1. The van der Waals surface area contributed by atoms with Gasteiger partial charge < -0.3 is 15.9 Å². The van der Waals surface area contributed by atoms with Crippen molar-refractivity contribution in [2.45, 2.75) is 50.7 Å². The van der Waals surface area contributed by atoms with E-state index >= 15 is 0 Å². The van der Waals surface area contributed by atoms with Crippen LogP contribution in [0.5, 0.6) is 0 Å². The van der Waals surface area contributed by atoms with Crippen LogP contribution in [0.2, 0.25) is 0 Å². The number of hydrogen-bond acceptors (Lipinski definition) is 3. The predicted molar refractivity (Wildman–Crippen MR) is 52.8 cm³/mol. The lowest BCUT2D eigenvalue weighted by Gasteiger charge is -2.32. The van der Waals surface area contributed by atoms with E-state index in [4.69, 9.17) is 10.8 Å². The molecule has 0 radical (unpaired) electrons. The van der Waals surface area contributed by atoms with Crippen molar-refractivity contribution in [1.29, 1.82) is 0 Å². The third kappa shape index (κ3) is 3.27. The van der Waals surface area contributed by atoms with Gasteiger partial charge in [0.15, 0.2) is 0 Å². The van der Waals surface area contributed by atoms with Crippen molar-refractivity contribution in [3.63, 3.8) is 0 Å². The Bertz CT molecular complexity index is 196. The Balaban J connectivity index is 2.25. The fourth-order valence-corrected chi connectivity index (χ4v) is 2.14. The minimum absolute atomic E-state index is 0.155. The average molecular weight is 201 g/mol. The van der Waals surface area contributed by atoms with Crippen LogP contribution in [-0.2, 0) is 4.79 Å². The Labute approximate surface area is 84.1 Å². The first-order chi connectivity index (χ1) is 6.61. The van der Waals surface area contributed by atoms with Crippen molar-refractivity contribution in [3.05, 3.63) is 0 Å². The summed E-state index contributed by atoms with van der Waals surface area (Å²) in [5.41, 5.74) is 5.84. The molecule has 82 valence electrons. The van der Waals surface area contributed by atoms with E-state index in [1.165, 1.54) is 0 Å². The minimum atomic E-state index is -0.755. The second-order valence-electron chi connectivity index (χ2n) is 4.12. The van der Waals surface area contributed by atoms with Crippen LogP contribution in [0.4, 0.5) is 0 Å². The maximum Gasteiger partial charge on any atom is 0.303 e. The molecular formula is C10H19NO3. The van der Waals surface area contributed by atoms with E-state index in [-0.39, 0.29) is 12.5 Å². The van der Waals surface area contributed by atoms with Crippen molar-refractivity contribution in [3.8, 4) is 0 Å². The standard InChI is InChI=1S/C10H19NO3/c11-10-7(3-1-5-8(10)12)4-2-6-9(13)14/h7-8,10,12H,1-6,11H2,(H,13,14). The third-order valence-electron chi connectivity index (χ3n) is 3.03. The van der Waals surface area contributed by atoms with Gasteiger partial charge in [-0.2, -0.15) is 0 Å². The summed E-state index contributed by atoms with van der Waals surface area (Å²) in [5.74, 6) is -0.451. The highest BCUT2D eigenvalue weighted by molar-refractivity contribution is 5.66. The molecule has 3 unspecified atom stereocenters. The normalized spacial score (nSPS) is 32.9. The van der Waals surface area contributed by atoms with Gasteiger partial charge in [-0.15, -0.1) is 0 Å². The SMILES string of the molecule is NC1C(O)CCCC1CCCC(=O)O. The fraction of sp³-hybridized carbons (Fsp3) is 0.900. The van der Waals surface area contributed by atoms with Gasteiger partial charge in [0.2, 0.25) is 0 Å². The highest BCUT2D eigenvalue weighted by Gasteiger charge is 2.28. The minimum Gasteiger partial charge on any atom is -0.481 e. The summed E-state index contributed by atoms with van der Waals surface area (Å²) in [5, 5.41) is 18.0. The monoisotopic (exact) mass is 201 g/mol. The smallest absolute Gasteiger partial charge is 0.303 e. The van der Waals surface area contributed by atoms with E-state index in [0.717, 1.165) is 25.7 Å². The maximum absolute atomic E-state index is 10.3. The second kappa shape index (κ2) is 5.32.